The van der Waals surface area contributed by atoms with Crippen LogP contribution < -0.4 is 10.2 Å². The van der Waals surface area contributed by atoms with Gasteiger partial charge in [0, 0.05) is 13.6 Å². The zero-order valence-electron chi connectivity index (χ0n) is 10.4. The van der Waals surface area contributed by atoms with Gasteiger partial charge in [0.15, 0.2) is 5.58 Å². The van der Waals surface area contributed by atoms with Crippen molar-refractivity contribution >= 4 is 29.5 Å². The van der Waals surface area contributed by atoms with Crippen molar-refractivity contribution in [3.05, 3.63) is 24.3 Å². The molecule has 3 rings (SSSR count). The highest BCUT2D eigenvalue weighted by atomic mass is 35.5. The van der Waals surface area contributed by atoms with E-state index in [9.17, 15) is 0 Å². The molecular formula is C13H18ClN3O. The van der Waals surface area contributed by atoms with Crippen LogP contribution in [-0.4, -0.2) is 31.7 Å². The van der Waals surface area contributed by atoms with E-state index < -0.39 is 0 Å². The van der Waals surface area contributed by atoms with E-state index in [4.69, 9.17) is 4.42 Å². The molecule has 1 unspecified atom stereocenters. The lowest BCUT2D eigenvalue weighted by Gasteiger charge is -2.18. The first kappa shape index (κ1) is 13.2. The molecule has 1 N–H and O–H groups in total. The molecule has 1 atom stereocenters. The Bertz CT molecular complexity index is 475. The fourth-order valence-corrected chi connectivity index (χ4v) is 2.36. The molecule has 0 spiro atoms. The van der Waals surface area contributed by atoms with Crippen molar-refractivity contribution in [2.75, 3.05) is 31.6 Å². The maximum absolute atomic E-state index is 5.73. The Morgan fingerprint density at radius 3 is 3.00 bits per heavy atom. The highest BCUT2D eigenvalue weighted by Gasteiger charge is 2.18. The molecule has 1 aromatic heterocycles. The van der Waals surface area contributed by atoms with Gasteiger partial charge in [0.25, 0.3) is 6.01 Å². The Labute approximate surface area is 113 Å². The molecule has 0 amide bonds. The highest BCUT2D eigenvalue weighted by Crippen LogP contribution is 2.22. The van der Waals surface area contributed by atoms with E-state index in [1.807, 2.05) is 31.3 Å². The van der Waals surface area contributed by atoms with E-state index in [2.05, 4.69) is 15.2 Å². The third kappa shape index (κ3) is 2.60. The van der Waals surface area contributed by atoms with Crippen LogP contribution in [0.1, 0.15) is 6.42 Å². The Morgan fingerprint density at radius 1 is 1.44 bits per heavy atom. The quantitative estimate of drug-likeness (QED) is 0.927. The molecule has 1 saturated heterocycles. The van der Waals surface area contributed by atoms with Crippen molar-refractivity contribution in [3.8, 4) is 0 Å². The van der Waals surface area contributed by atoms with Gasteiger partial charge in [-0.2, -0.15) is 4.98 Å². The highest BCUT2D eigenvalue weighted by molar-refractivity contribution is 5.85. The van der Waals surface area contributed by atoms with Crippen LogP contribution in [0.15, 0.2) is 28.7 Å². The zero-order chi connectivity index (χ0) is 11.7. The number of fused-ring (bicyclic) bond motifs is 1. The number of hydrogen-bond donors (Lipinski definition) is 1. The van der Waals surface area contributed by atoms with Crippen LogP contribution in [0.25, 0.3) is 11.1 Å². The number of anilines is 1. The molecule has 1 aromatic carbocycles. The van der Waals surface area contributed by atoms with Crippen molar-refractivity contribution < 1.29 is 4.42 Å². The van der Waals surface area contributed by atoms with Gasteiger partial charge in [-0.3, -0.25) is 0 Å². The molecule has 1 aliphatic heterocycles. The van der Waals surface area contributed by atoms with Gasteiger partial charge in [-0.25, -0.2) is 0 Å². The number of para-hydroxylation sites is 2. The van der Waals surface area contributed by atoms with Gasteiger partial charge in [-0.15, -0.1) is 12.4 Å². The van der Waals surface area contributed by atoms with Crippen LogP contribution in [0, 0.1) is 5.92 Å². The van der Waals surface area contributed by atoms with E-state index in [0.717, 1.165) is 36.7 Å². The van der Waals surface area contributed by atoms with Crippen LogP contribution in [0.3, 0.4) is 0 Å². The molecule has 0 bridgehead atoms. The van der Waals surface area contributed by atoms with Crippen molar-refractivity contribution in [2.24, 2.45) is 5.92 Å². The average molecular weight is 268 g/mol. The third-order valence-corrected chi connectivity index (χ3v) is 3.30. The number of aromatic nitrogens is 1. The third-order valence-electron chi connectivity index (χ3n) is 3.30. The molecule has 0 radical (unpaired) electrons. The Kier molecular flexibility index (Phi) is 4.09. The molecule has 98 valence electrons. The SMILES string of the molecule is CN(CC1CCNC1)c1nc2ccccc2o1.Cl. The van der Waals surface area contributed by atoms with Crippen LogP contribution in [0.4, 0.5) is 6.01 Å². The summed E-state index contributed by atoms with van der Waals surface area (Å²) >= 11 is 0. The maximum atomic E-state index is 5.73. The lowest BCUT2D eigenvalue weighted by atomic mass is 10.1. The van der Waals surface area contributed by atoms with Gasteiger partial charge in [-0.1, -0.05) is 12.1 Å². The first-order valence-electron chi connectivity index (χ1n) is 6.10. The van der Waals surface area contributed by atoms with Crippen LogP contribution in [-0.2, 0) is 0 Å². The average Bonchev–Trinajstić information content (AvgIpc) is 2.96. The van der Waals surface area contributed by atoms with E-state index in [1.165, 1.54) is 6.42 Å². The predicted molar refractivity (Wildman–Crippen MR) is 75.5 cm³/mol. The molecule has 2 heterocycles. The van der Waals surface area contributed by atoms with Crippen LogP contribution in [0.5, 0.6) is 0 Å². The second kappa shape index (κ2) is 5.59. The summed E-state index contributed by atoms with van der Waals surface area (Å²) in [6.45, 7) is 3.23. The van der Waals surface area contributed by atoms with Gasteiger partial charge in [0.2, 0.25) is 0 Å². The Balaban J connectivity index is 0.00000120. The molecule has 1 aliphatic rings. The number of nitrogens with zero attached hydrogens (tertiary/aromatic N) is 2. The first-order valence-corrected chi connectivity index (χ1v) is 6.10. The molecule has 18 heavy (non-hydrogen) atoms. The normalized spacial score (nSPS) is 18.8. The lowest BCUT2D eigenvalue weighted by Crippen LogP contribution is -2.26. The lowest BCUT2D eigenvalue weighted by molar-refractivity contribution is 0.527. The number of benzene rings is 1. The molecule has 4 nitrogen and oxygen atoms in total. The number of rotatable bonds is 3. The predicted octanol–water partition coefficient (Wildman–Crippen LogP) is 2.30. The topological polar surface area (TPSA) is 41.3 Å². The monoisotopic (exact) mass is 267 g/mol. The van der Waals surface area contributed by atoms with Crippen molar-refractivity contribution in [2.45, 2.75) is 6.42 Å². The van der Waals surface area contributed by atoms with Gasteiger partial charge in [-0.05, 0) is 37.6 Å². The van der Waals surface area contributed by atoms with Gasteiger partial charge in [0.1, 0.15) is 5.52 Å². The van der Waals surface area contributed by atoms with E-state index >= 15 is 0 Å². The standard InChI is InChI=1S/C13H17N3O.ClH/c1-16(9-10-6-7-14-8-10)13-15-11-4-2-3-5-12(11)17-13;/h2-5,10,14H,6-9H2,1H3;1H. The molecule has 5 heteroatoms. The number of halogens is 1. The summed E-state index contributed by atoms with van der Waals surface area (Å²) in [5, 5.41) is 3.38. The molecule has 2 aromatic rings. The largest absolute Gasteiger partial charge is 0.423 e. The number of nitrogens with one attached hydrogen (secondary N) is 1. The zero-order valence-corrected chi connectivity index (χ0v) is 11.2. The summed E-state index contributed by atoms with van der Waals surface area (Å²) in [6.07, 6.45) is 1.24. The molecular weight excluding hydrogens is 250 g/mol. The summed E-state index contributed by atoms with van der Waals surface area (Å²) < 4.78 is 5.73. The summed E-state index contributed by atoms with van der Waals surface area (Å²) in [6, 6.07) is 8.61. The van der Waals surface area contributed by atoms with Gasteiger partial charge < -0.3 is 14.6 Å². The van der Waals surface area contributed by atoms with Crippen molar-refractivity contribution in [1.82, 2.24) is 10.3 Å². The van der Waals surface area contributed by atoms with Gasteiger partial charge >= 0.3 is 0 Å². The van der Waals surface area contributed by atoms with Crippen LogP contribution >= 0.6 is 12.4 Å². The molecule has 0 saturated carbocycles. The van der Waals surface area contributed by atoms with E-state index in [-0.39, 0.29) is 12.4 Å². The molecule has 1 fully saturated rings. The fraction of sp³-hybridized carbons (Fsp3) is 0.462. The van der Waals surface area contributed by atoms with Crippen molar-refractivity contribution in [3.63, 3.8) is 0 Å². The minimum atomic E-state index is 0. The fourth-order valence-electron chi connectivity index (χ4n) is 2.36. The smallest absolute Gasteiger partial charge is 0.298 e. The maximum Gasteiger partial charge on any atom is 0.298 e. The Morgan fingerprint density at radius 2 is 2.28 bits per heavy atom. The van der Waals surface area contributed by atoms with Gasteiger partial charge in [0.05, 0.1) is 0 Å². The minimum Gasteiger partial charge on any atom is -0.423 e. The second-order valence-electron chi connectivity index (χ2n) is 4.70. The second-order valence-corrected chi connectivity index (χ2v) is 4.70. The minimum absolute atomic E-state index is 0. The first-order chi connectivity index (χ1) is 8.33. The summed E-state index contributed by atoms with van der Waals surface area (Å²) in [7, 11) is 2.04. The number of hydrogen-bond acceptors (Lipinski definition) is 4. The van der Waals surface area contributed by atoms with E-state index in [0.29, 0.717) is 5.92 Å². The summed E-state index contributed by atoms with van der Waals surface area (Å²) in [5.74, 6) is 0.704. The van der Waals surface area contributed by atoms with Crippen molar-refractivity contribution in [1.29, 1.82) is 0 Å². The number of oxazole rings is 1. The molecule has 0 aliphatic carbocycles. The summed E-state index contributed by atoms with van der Waals surface area (Å²) in [4.78, 5) is 6.60. The van der Waals surface area contributed by atoms with E-state index in [1.54, 1.807) is 0 Å². The Hall–Kier alpha value is -1.26. The summed E-state index contributed by atoms with van der Waals surface area (Å²) in [5.41, 5.74) is 1.79. The van der Waals surface area contributed by atoms with Crippen LogP contribution in [0.2, 0.25) is 0 Å².